The molecule has 0 aliphatic carbocycles. The van der Waals surface area contributed by atoms with Crippen molar-refractivity contribution in [3.63, 3.8) is 0 Å². The largest absolute Gasteiger partial charge is 0.338 e. The lowest BCUT2D eigenvalue weighted by Crippen LogP contribution is -2.49. The topological polar surface area (TPSA) is 50.1 Å². The molecule has 136 valence electrons. The van der Waals surface area contributed by atoms with Crippen LogP contribution in [0.1, 0.15) is 39.2 Å². The zero-order valence-corrected chi connectivity index (χ0v) is 15.9. The van der Waals surface area contributed by atoms with Gasteiger partial charge in [0.1, 0.15) is 5.82 Å². The fourth-order valence-electron chi connectivity index (χ4n) is 3.35. The van der Waals surface area contributed by atoms with Gasteiger partial charge in [0.25, 0.3) is 0 Å². The number of hydrogen-bond donors (Lipinski definition) is 0. The van der Waals surface area contributed by atoms with E-state index in [0.29, 0.717) is 12.0 Å². The number of rotatable bonds is 6. The molecular weight excluding hydrogens is 312 g/mol. The third kappa shape index (κ3) is 4.37. The van der Waals surface area contributed by atoms with Gasteiger partial charge in [0, 0.05) is 50.7 Å². The molecule has 1 fully saturated rings. The number of hydrogen-bond acceptors (Lipinski definition) is 5. The second-order valence-electron chi connectivity index (χ2n) is 7.54. The van der Waals surface area contributed by atoms with Crippen molar-refractivity contribution in [3.05, 3.63) is 35.9 Å². The van der Waals surface area contributed by atoms with E-state index in [9.17, 15) is 0 Å². The normalized spacial score (nSPS) is 16.2. The summed E-state index contributed by atoms with van der Waals surface area (Å²) in [7, 11) is 0. The summed E-state index contributed by atoms with van der Waals surface area (Å²) in [6.45, 7) is 14.1. The zero-order valence-electron chi connectivity index (χ0n) is 15.9. The van der Waals surface area contributed by atoms with Gasteiger partial charge < -0.3 is 4.90 Å². The minimum absolute atomic E-state index is 0.550. The summed E-state index contributed by atoms with van der Waals surface area (Å²) >= 11 is 0. The zero-order chi connectivity index (χ0) is 17.8. The average Bonchev–Trinajstić information content (AvgIpc) is 2.97. The molecule has 0 radical (unpaired) electrons. The third-order valence-corrected chi connectivity index (χ3v) is 4.75. The van der Waals surface area contributed by atoms with Crippen molar-refractivity contribution in [2.75, 3.05) is 31.1 Å². The van der Waals surface area contributed by atoms with Gasteiger partial charge in [-0.25, -0.2) is 0 Å². The molecule has 1 saturated heterocycles. The molecule has 0 unspecified atom stereocenters. The van der Waals surface area contributed by atoms with Crippen molar-refractivity contribution in [1.29, 1.82) is 0 Å². The van der Waals surface area contributed by atoms with Crippen molar-refractivity contribution >= 4 is 5.95 Å². The molecule has 0 bridgehead atoms. The van der Waals surface area contributed by atoms with E-state index in [1.165, 1.54) is 0 Å². The number of pyridine rings is 1. The molecule has 0 saturated carbocycles. The minimum atomic E-state index is 0.550. The molecule has 0 aromatic carbocycles. The van der Waals surface area contributed by atoms with Crippen LogP contribution in [0.4, 0.5) is 5.95 Å². The minimum Gasteiger partial charge on any atom is -0.338 e. The van der Waals surface area contributed by atoms with Gasteiger partial charge in [-0.05, 0) is 31.9 Å². The molecule has 6 nitrogen and oxygen atoms in total. The molecule has 1 aliphatic rings. The maximum Gasteiger partial charge on any atom is 0.227 e. The highest BCUT2D eigenvalue weighted by molar-refractivity contribution is 5.33. The first-order valence-electron chi connectivity index (χ1n) is 9.35. The molecule has 1 aliphatic heterocycles. The second kappa shape index (κ2) is 7.95. The number of anilines is 1. The van der Waals surface area contributed by atoms with Crippen molar-refractivity contribution in [2.24, 2.45) is 5.92 Å². The summed E-state index contributed by atoms with van der Waals surface area (Å²) in [6, 6.07) is 6.63. The fourth-order valence-corrected chi connectivity index (χ4v) is 3.35. The number of piperazine rings is 1. The van der Waals surface area contributed by atoms with E-state index < -0.39 is 0 Å². The van der Waals surface area contributed by atoms with Gasteiger partial charge >= 0.3 is 0 Å². The maximum absolute atomic E-state index is 4.55. The predicted octanol–water partition coefficient (Wildman–Crippen LogP) is 2.45. The quantitative estimate of drug-likeness (QED) is 0.807. The van der Waals surface area contributed by atoms with Gasteiger partial charge in [0.15, 0.2) is 0 Å². The van der Waals surface area contributed by atoms with Crippen LogP contribution in [0.15, 0.2) is 24.4 Å². The lowest BCUT2D eigenvalue weighted by Gasteiger charge is -2.37. The Morgan fingerprint density at radius 2 is 1.76 bits per heavy atom. The van der Waals surface area contributed by atoms with Crippen LogP contribution in [0, 0.1) is 5.92 Å². The lowest BCUT2D eigenvalue weighted by atomic mass is 10.2. The van der Waals surface area contributed by atoms with Gasteiger partial charge in [-0.1, -0.05) is 19.9 Å². The third-order valence-electron chi connectivity index (χ3n) is 4.75. The Balaban J connectivity index is 1.79. The molecule has 25 heavy (non-hydrogen) atoms. The van der Waals surface area contributed by atoms with E-state index in [2.05, 4.69) is 63.3 Å². The van der Waals surface area contributed by atoms with Crippen LogP contribution in [-0.2, 0) is 13.0 Å². The highest BCUT2D eigenvalue weighted by Crippen LogP contribution is 2.20. The molecule has 2 aromatic heterocycles. The van der Waals surface area contributed by atoms with Crippen LogP contribution in [0.25, 0.3) is 0 Å². The van der Waals surface area contributed by atoms with Crippen LogP contribution < -0.4 is 4.90 Å². The molecule has 3 heterocycles. The SMILES string of the molecule is CC(C)Cn1c(Cc2ccccn2)nnc1N1CCN(C(C)C)CC1. The van der Waals surface area contributed by atoms with Crippen LogP contribution >= 0.6 is 0 Å². The van der Waals surface area contributed by atoms with Gasteiger partial charge in [-0.2, -0.15) is 0 Å². The molecule has 6 heteroatoms. The number of aromatic nitrogens is 4. The summed E-state index contributed by atoms with van der Waals surface area (Å²) in [5.41, 5.74) is 1.04. The van der Waals surface area contributed by atoms with E-state index in [4.69, 9.17) is 0 Å². The Bertz CT molecular complexity index is 656. The first-order valence-corrected chi connectivity index (χ1v) is 9.35. The summed E-state index contributed by atoms with van der Waals surface area (Å²) in [5.74, 6) is 2.57. The molecular formula is C19H30N6. The van der Waals surface area contributed by atoms with E-state index in [1.54, 1.807) is 0 Å². The van der Waals surface area contributed by atoms with Gasteiger partial charge in [0.2, 0.25) is 5.95 Å². The van der Waals surface area contributed by atoms with Crippen LogP contribution in [0.5, 0.6) is 0 Å². The van der Waals surface area contributed by atoms with Crippen molar-refractivity contribution in [1.82, 2.24) is 24.6 Å². The van der Waals surface area contributed by atoms with Crippen LogP contribution in [0.2, 0.25) is 0 Å². The summed E-state index contributed by atoms with van der Waals surface area (Å²) in [5, 5.41) is 9.06. The Kier molecular flexibility index (Phi) is 5.68. The average molecular weight is 342 g/mol. The summed E-state index contributed by atoms with van der Waals surface area (Å²) in [6.07, 6.45) is 2.57. The van der Waals surface area contributed by atoms with Crippen molar-refractivity contribution < 1.29 is 0 Å². The monoisotopic (exact) mass is 342 g/mol. The van der Waals surface area contributed by atoms with Crippen molar-refractivity contribution in [3.8, 4) is 0 Å². The van der Waals surface area contributed by atoms with E-state index in [-0.39, 0.29) is 0 Å². The van der Waals surface area contributed by atoms with Crippen LogP contribution in [-0.4, -0.2) is 56.9 Å². The lowest BCUT2D eigenvalue weighted by molar-refractivity contribution is 0.208. The Morgan fingerprint density at radius 1 is 1.00 bits per heavy atom. The Morgan fingerprint density at radius 3 is 2.36 bits per heavy atom. The highest BCUT2D eigenvalue weighted by atomic mass is 15.4. The van der Waals surface area contributed by atoms with Gasteiger partial charge in [-0.3, -0.25) is 14.5 Å². The Labute approximate surface area is 150 Å². The van der Waals surface area contributed by atoms with Gasteiger partial charge in [0.05, 0.1) is 6.42 Å². The van der Waals surface area contributed by atoms with Crippen LogP contribution in [0.3, 0.4) is 0 Å². The summed E-state index contributed by atoms with van der Waals surface area (Å²) in [4.78, 5) is 9.35. The van der Waals surface area contributed by atoms with Crippen molar-refractivity contribution in [2.45, 2.75) is 46.7 Å². The molecule has 2 aromatic rings. The smallest absolute Gasteiger partial charge is 0.227 e. The second-order valence-corrected chi connectivity index (χ2v) is 7.54. The molecule has 0 spiro atoms. The Hall–Kier alpha value is -1.95. The first kappa shape index (κ1) is 17.9. The van der Waals surface area contributed by atoms with E-state index >= 15 is 0 Å². The van der Waals surface area contributed by atoms with Gasteiger partial charge in [-0.15, -0.1) is 10.2 Å². The molecule has 0 N–H and O–H groups in total. The molecule has 0 atom stereocenters. The molecule has 3 rings (SSSR count). The first-order chi connectivity index (χ1) is 12.0. The summed E-state index contributed by atoms with van der Waals surface area (Å²) < 4.78 is 2.30. The predicted molar refractivity (Wildman–Crippen MR) is 101 cm³/mol. The highest BCUT2D eigenvalue weighted by Gasteiger charge is 2.24. The fraction of sp³-hybridized carbons (Fsp3) is 0.632. The number of nitrogens with zero attached hydrogens (tertiary/aromatic N) is 6. The van der Waals surface area contributed by atoms with E-state index in [0.717, 1.165) is 56.6 Å². The van der Waals surface area contributed by atoms with E-state index in [1.807, 2.05) is 18.3 Å². The molecule has 0 amide bonds. The standard InChI is InChI=1S/C19H30N6/c1-15(2)14-25-18(13-17-7-5-6-8-20-17)21-22-19(25)24-11-9-23(10-12-24)16(3)4/h5-8,15-16H,9-14H2,1-4H3. The maximum atomic E-state index is 4.55.